The molecule has 2 amide bonds. The Morgan fingerprint density at radius 2 is 1.97 bits per heavy atom. The van der Waals surface area contributed by atoms with Crippen molar-refractivity contribution in [1.82, 2.24) is 15.0 Å². The van der Waals surface area contributed by atoms with Gasteiger partial charge >= 0.3 is 6.03 Å². The lowest BCUT2D eigenvalue weighted by Crippen LogP contribution is -2.40. The number of amides is 2. The summed E-state index contributed by atoms with van der Waals surface area (Å²) in [6, 6.07) is 14.3. The largest absolute Gasteiger partial charge is 0.367 e. The predicted molar refractivity (Wildman–Crippen MR) is 113 cm³/mol. The quantitative estimate of drug-likeness (QED) is 0.623. The van der Waals surface area contributed by atoms with E-state index in [1.807, 2.05) is 30.3 Å². The highest BCUT2D eigenvalue weighted by Crippen LogP contribution is 2.26. The number of halogens is 1. The fourth-order valence-corrected chi connectivity index (χ4v) is 3.54. The van der Waals surface area contributed by atoms with Gasteiger partial charge in [0.2, 0.25) is 0 Å². The van der Waals surface area contributed by atoms with E-state index < -0.39 is 0 Å². The standard InChI is InChI=1S/C23H25FN4O3/c1-16-7-8-19(13-20(16)24)25-23(29)28-11-9-18(10-12-28)22-26-21(31-27-22)15-30-14-17-5-3-2-4-6-17/h2-8,13,18H,9-12,14-15H2,1H3,(H,25,29). The number of hydrogen-bond acceptors (Lipinski definition) is 5. The molecule has 8 heteroatoms. The van der Waals surface area contributed by atoms with Crippen LogP contribution in [0.15, 0.2) is 53.1 Å². The van der Waals surface area contributed by atoms with Crippen LogP contribution in [-0.4, -0.2) is 34.2 Å². The van der Waals surface area contributed by atoms with Crippen LogP contribution in [0.5, 0.6) is 0 Å². The molecule has 0 unspecified atom stereocenters. The Hall–Kier alpha value is -3.26. The Balaban J connectivity index is 1.24. The van der Waals surface area contributed by atoms with Crippen molar-refractivity contribution in [1.29, 1.82) is 0 Å². The number of aromatic nitrogens is 2. The number of nitrogens with one attached hydrogen (secondary N) is 1. The average Bonchev–Trinajstić information content (AvgIpc) is 3.26. The van der Waals surface area contributed by atoms with E-state index >= 15 is 0 Å². The van der Waals surface area contributed by atoms with Gasteiger partial charge in [0, 0.05) is 24.7 Å². The second kappa shape index (κ2) is 9.70. The van der Waals surface area contributed by atoms with Crippen LogP contribution >= 0.6 is 0 Å². The summed E-state index contributed by atoms with van der Waals surface area (Å²) in [6.07, 6.45) is 1.47. The number of aryl methyl sites for hydroxylation is 1. The van der Waals surface area contributed by atoms with Crippen LogP contribution in [0.1, 0.15) is 41.6 Å². The Bertz CT molecular complexity index is 1020. The van der Waals surface area contributed by atoms with Gasteiger partial charge in [0.1, 0.15) is 12.4 Å². The van der Waals surface area contributed by atoms with Crippen LogP contribution in [0.2, 0.25) is 0 Å². The van der Waals surface area contributed by atoms with Gasteiger partial charge in [0.15, 0.2) is 5.82 Å². The van der Waals surface area contributed by atoms with Gasteiger partial charge in [-0.3, -0.25) is 0 Å². The first-order valence-corrected chi connectivity index (χ1v) is 10.3. The molecule has 162 valence electrons. The number of likely N-dealkylation sites (tertiary alicyclic amines) is 1. The van der Waals surface area contributed by atoms with Crippen LogP contribution in [0.3, 0.4) is 0 Å². The van der Waals surface area contributed by atoms with Gasteiger partial charge in [-0.1, -0.05) is 41.6 Å². The van der Waals surface area contributed by atoms with Crippen LogP contribution < -0.4 is 5.32 Å². The summed E-state index contributed by atoms with van der Waals surface area (Å²) in [4.78, 5) is 18.6. The Labute approximate surface area is 180 Å². The minimum atomic E-state index is -0.336. The highest BCUT2D eigenvalue weighted by atomic mass is 19.1. The first kappa shape index (κ1) is 21.0. The number of rotatable bonds is 6. The summed E-state index contributed by atoms with van der Waals surface area (Å²) in [5, 5.41) is 6.85. The molecule has 1 saturated heterocycles. The molecular weight excluding hydrogens is 399 g/mol. The topological polar surface area (TPSA) is 80.5 Å². The first-order chi connectivity index (χ1) is 15.1. The molecule has 0 aliphatic carbocycles. The summed E-state index contributed by atoms with van der Waals surface area (Å²) in [6.45, 7) is 3.57. The number of urea groups is 1. The minimum Gasteiger partial charge on any atom is -0.367 e. The third kappa shape index (κ3) is 5.46. The number of carbonyl (C=O) groups is 1. The summed E-state index contributed by atoms with van der Waals surface area (Å²) < 4.78 is 24.6. The van der Waals surface area contributed by atoms with Crippen molar-refractivity contribution in [2.45, 2.75) is 38.9 Å². The third-order valence-corrected chi connectivity index (χ3v) is 5.39. The van der Waals surface area contributed by atoms with Crippen LogP contribution in [-0.2, 0) is 18.0 Å². The maximum Gasteiger partial charge on any atom is 0.321 e. The van der Waals surface area contributed by atoms with Gasteiger partial charge in [-0.25, -0.2) is 9.18 Å². The molecule has 0 spiro atoms. The molecule has 1 N–H and O–H groups in total. The Morgan fingerprint density at radius 3 is 2.71 bits per heavy atom. The number of ether oxygens (including phenoxy) is 1. The lowest BCUT2D eigenvalue weighted by molar-refractivity contribution is 0.0850. The number of carbonyl (C=O) groups excluding carboxylic acids is 1. The number of piperidine rings is 1. The highest BCUT2D eigenvalue weighted by molar-refractivity contribution is 5.89. The first-order valence-electron chi connectivity index (χ1n) is 10.3. The molecule has 3 aromatic rings. The molecule has 7 nitrogen and oxygen atoms in total. The normalized spacial score (nSPS) is 14.6. The molecule has 1 aliphatic heterocycles. The second-order valence-electron chi connectivity index (χ2n) is 7.68. The molecule has 2 heterocycles. The van der Waals surface area contributed by atoms with Gasteiger partial charge in [0.25, 0.3) is 5.89 Å². The highest BCUT2D eigenvalue weighted by Gasteiger charge is 2.27. The SMILES string of the molecule is Cc1ccc(NC(=O)N2CCC(c3noc(COCc4ccccc4)n3)CC2)cc1F. The molecule has 1 aliphatic rings. The van der Waals surface area contributed by atoms with Crippen LogP contribution in [0.4, 0.5) is 14.9 Å². The number of nitrogens with zero attached hydrogens (tertiary/aromatic N) is 3. The van der Waals surface area contributed by atoms with Gasteiger partial charge in [-0.15, -0.1) is 0 Å². The molecule has 1 fully saturated rings. The van der Waals surface area contributed by atoms with Gasteiger partial charge < -0.3 is 19.5 Å². The molecule has 0 atom stereocenters. The second-order valence-corrected chi connectivity index (χ2v) is 7.68. The van der Waals surface area contributed by atoms with E-state index in [4.69, 9.17) is 9.26 Å². The van der Waals surface area contributed by atoms with E-state index in [-0.39, 0.29) is 24.4 Å². The smallest absolute Gasteiger partial charge is 0.321 e. The van der Waals surface area contributed by atoms with E-state index in [1.165, 1.54) is 6.07 Å². The number of hydrogen-bond donors (Lipinski definition) is 1. The van der Waals surface area contributed by atoms with Gasteiger partial charge in [0.05, 0.1) is 6.61 Å². The molecule has 0 saturated carbocycles. The van der Waals surface area contributed by atoms with Crippen molar-refractivity contribution in [2.24, 2.45) is 0 Å². The van der Waals surface area contributed by atoms with E-state index in [9.17, 15) is 9.18 Å². The molecule has 2 aromatic carbocycles. The van der Waals surface area contributed by atoms with Crippen LogP contribution in [0, 0.1) is 12.7 Å². The lowest BCUT2D eigenvalue weighted by Gasteiger charge is -2.30. The van der Waals surface area contributed by atoms with E-state index in [2.05, 4.69) is 15.5 Å². The minimum absolute atomic E-state index is 0.132. The van der Waals surface area contributed by atoms with Crippen molar-refractivity contribution in [3.8, 4) is 0 Å². The summed E-state index contributed by atoms with van der Waals surface area (Å²) in [5.41, 5.74) is 2.08. The summed E-state index contributed by atoms with van der Waals surface area (Å²) in [7, 11) is 0. The van der Waals surface area contributed by atoms with Gasteiger partial charge in [-0.2, -0.15) is 4.98 Å². The maximum atomic E-state index is 13.7. The zero-order valence-electron chi connectivity index (χ0n) is 17.4. The Morgan fingerprint density at radius 1 is 1.19 bits per heavy atom. The van der Waals surface area contributed by atoms with E-state index in [1.54, 1.807) is 24.0 Å². The molecule has 31 heavy (non-hydrogen) atoms. The monoisotopic (exact) mass is 424 g/mol. The maximum absolute atomic E-state index is 13.7. The zero-order chi connectivity index (χ0) is 21.6. The predicted octanol–water partition coefficient (Wildman–Crippen LogP) is 4.65. The molecule has 1 aromatic heterocycles. The molecule has 0 radical (unpaired) electrons. The fourth-order valence-electron chi connectivity index (χ4n) is 3.54. The summed E-state index contributed by atoms with van der Waals surface area (Å²) in [5.74, 6) is 0.899. The summed E-state index contributed by atoms with van der Waals surface area (Å²) >= 11 is 0. The van der Waals surface area contributed by atoms with Crippen molar-refractivity contribution in [3.63, 3.8) is 0 Å². The van der Waals surface area contributed by atoms with Crippen molar-refractivity contribution >= 4 is 11.7 Å². The average molecular weight is 424 g/mol. The third-order valence-electron chi connectivity index (χ3n) is 5.39. The fraction of sp³-hybridized carbons (Fsp3) is 0.348. The number of anilines is 1. The van der Waals surface area contributed by atoms with Gasteiger partial charge in [-0.05, 0) is 43.0 Å². The molecule has 4 rings (SSSR count). The van der Waals surface area contributed by atoms with Crippen molar-refractivity contribution in [3.05, 3.63) is 77.2 Å². The van der Waals surface area contributed by atoms with E-state index in [0.717, 1.165) is 18.4 Å². The van der Waals surface area contributed by atoms with Crippen LogP contribution in [0.25, 0.3) is 0 Å². The molecular formula is C23H25FN4O3. The zero-order valence-corrected chi connectivity index (χ0v) is 17.4. The van der Waals surface area contributed by atoms with E-state index in [0.29, 0.717) is 42.7 Å². The van der Waals surface area contributed by atoms with Crippen molar-refractivity contribution in [2.75, 3.05) is 18.4 Å². The number of benzene rings is 2. The molecule has 0 bridgehead atoms. The lowest BCUT2D eigenvalue weighted by atomic mass is 9.96. The Kier molecular flexibility index (Phi) is 6.57. The van der Waals surface area contributed by atoms with Crippen molar-refractivity contribution < 1.29 is 18.4 Å².